The highest BCUT2D eigenvalue weighted by Crippen LogP contribution is 2.25. The first-order valence-corrected chi connectivity index (χ1v) is 10.6. The first kappa shape index (κ1) is 23.3. The number of amides is 3. The summed E-state index contributed by atoms with van der Waals surface area (Å²) in [6.45, 7) is 0. The van der Waals surface area contributed by atoms with Crippen LogP contribution in [0.5, 0.6) is 5.75 Å². The molecule has 166 valence electrons. The Balaban J connectivity index is 1.56. The zero-order valence-electron chi connectivity index (χ0n) is 16.4. The van der Waals surface area contributed by atoms with Gasteiger partial charge in [-0.3, -0.25) is 10.1 Å². The number of halogens is 2. The number of urea groups is 1. The summed E-state index contributed by atoms with van der Waals surface area (Å²) in [6.07, 6.45) is -0.0684. The predicted octanol–water partition coefficient (Wildman–Crippen LogP) is 4.77. The summed E-state index contributed by atoms with van der Waals surface area (Å²) in [6, 6.07) is 8.16. The number of esters is 1. The lowest BCUT2D eigenvalue weighted by Crippen LogP contribution is -2.19. The maximum atomic E-state index is 12.3. The Kier molecular flexibility index (Phi) is 7.52. The zero-order chi connectivity index (χ0) is 23.3. The van der Waals surface area contributed by atoms with Gasteiger partial charge < -0.3 is 20.5 Å². The molecule has 3 rings (SSSR count). The van der Waals surface area contributed by atoms with E-state index in [2.05, 4.69) is 25.7 Å². The smallest absolute Gasteiger partial charge is 0.341 e. The lowest BCUT2D eigenvalue weighted by atomic mass is 10.1. The molecular formula is C20H16Cl2N4O5S. The predicted molar refractivity (Wildman–Crippen MR) is 123 cm³/mol. The fraction of sp³-hybridized carbons (Fsp3) is 0.100. The minimum absolute atomic E-state index is 0.0684. The molecule has 12 heteroatoms. The summed E-state index contributed by atoms with van der Waals surface area (Å²) in [7, 11) is 1.19. The number of methoxy groups -OCH3 is 1. The Morgan fingerprint density at radius 3 is 2.47 bits per heavy atom. The molecule has 0 saturated carbocycles. The van der Waals surface area contributed by atoms with Crippen molar-refractivity contribution < 1.29 is 24.2 Å². The molecule has 9 nitrogen and oxygen atoms in total. The SMILES string of the molecule is COC(=O)c1cc(NC(=O)Cc2csc(NC(=O)Nc3ccc(Cl)c(Cl)c3)n2)ccc1O. The Morgan fingerprint density at radius 1 is 1.03 bits per heavy atom. The van der Waals surface area contributed by atoms with E-state index in [1.54, 1.807) is 17.5 Å². The first-order chi connectivity index (χ1) is 15.2. The summed E-state index contributed by atoms with van der Waals surface area (Å²) < 4.78 is 4.58. The molecule has 0 radical (unpaired) electrons. The van der Waals surface area contributed by atoms with Crippen molar-refractivity contribution >= 4 is 69.0 Å². The molecule has 0 unspecified atom stereocenters. The number of hydrogen-bond acceptors (Lipinski definition) is 7. The van der Waals surface area contributed by atoms with E-state index in [4.69, 9.17) is 23.2 Å². The van der Waals surface area contributed by atoms with E-state index in [1.165, 1.54) is 31.4 Å². The maximum absolute atomic E-state index is 12.3. The number of phenolic OH excluding ortho intramolecular Hbond substituents is 1. The number of carbonyl (C=O) groups is 3. The van der Waals surface area contributed by atoms with Gasteiger partial charge in [0.05, 0.1) is 29.3 Å². The van der Waals surface area contributed by atoms with Gasteiger partial charge in [-0.15, -0.1) is 11.3 Å². The van der Waals surface area contributed by atoms with E-state index >= 15 is 0 Å². The molecule has 3 aromatic rings. The largest absolute Gasteiger partial charge is 0.507 e. The number of benzene rings is 2. The maximum Gasteiger partial charge on any atom is 0.341 e. The number of rotatable bonds is 6. The fourth-order valence-electron chi connectivity index (χ4n) is 2.54. The number of anilines is 3. The summed E-state index contributed by atoms with van der Waals surface area (Å²) >= 11 is 12.9. The molecule has 2 aromatic carbocycles. The summed E-state index contributed by atoms with van der Waals surface area (Å²) in [5.74, 6) is -1.39. The van der Waals surface area contributed by atoms with Gasteiger partial charge >= 0.3 is 12.0 Å². The van der Waals surface area contributed by atoms with Crippen LogP contribution in [0.1, 0.15) is 16.1 Å². The van der Waals surface area contributed by atoms with Crippen molar-refractivity contribution in [2.24, 2.45) is 0 Å². The van der Waals surface area contributed by atoms with Gasteiger partial charge in [0.25, 0.3) is 0 Å². The molecule has 4 N–H and O–H groups in total. The number of aromatic hydroxyl groups is 1. The summed E-state index contributed by atoms with van der Waals surface area (Å²) in [5.41, 5.74) is 1.12. The van der Waals surface area contributed by atoms with Gasteiger partial charge in [0, 0.05) is 16.8 Å². The number of ether oxygens (including phenoxy) is 1. The third-order valence-electron chi connectivity index (χ3n) is 3.98. The van der Waals surface area contributed by atoms with Crippen molar-refractivity contribution in [2.45, 2.75) is 6.42 Å². The van der Waals surface area contributed by atoms with Crippen LogP contribution in [0.25, 0.3) is 0 Å². The molecule has 0 aliphatic heterocycles. The molecule has 0 fully saturated rings. The highest BCUT2D eigenvalue weighted by molar-refractivity contribution is 7.14. The van der Waals surface area contributed by atoms with Gasteiger partial charge in [-0.05, 0) is 36.4 Å². The molecule has 0 saturated heterocycles. The average Bonchev–Trinajstić information content (AvgIpc) is 3.17. The van der Waals surface area contributed by atoms with E-state index < -0.39 is 17.9 Å². The van der Waals surface area contributed by atoms with Crippen LogP contribution < -0.4 is 16.0 Å². The average molecular weight is 495 g/mol. The minimum atomic E-state index is -0.729. The van der Waals surface area contributed by atoms with Crippen molar-refractivity contribution in [1.82, 2.24) is 4.98 Å². The van der Waals surface area contributed by atoms with Gasteiger partial charge in [-0.1, -0.05) is 23.2 Å². The monoisotopic (exact) mass is 494 g/mol. The van der Waals surface area contributed by atoms with Gasteiger partial charge in [0.15, 0.2) is 5.13 Å². The fourth-order valence-corrected chi connectivity index (χ4v) is 3.54. The molecule has 0 aliphatic rings. The van der Waals surface area contributed by atoms with Gasteiger partial charge in [0.1, 0.15) is 11.3 Å². The van der Waals surface area contributed by atoms with Gasteiger partial charge in [-0.25, -0.2) is 14.6 Å². The Bertz CT molecular complexity index is 1180. The lowest BCUT2D eigenvalue weighted by Gasteiger charge is -2.08. The molecule has 3 amide bonds. The number of phenols is 1. The van der Waals surface area contributed by atoms with Crippen molar-refractivity contribution in [3.8, 4) is 5.75 Å². The molecule has 1 heterocycles. The molecule has 32 heavy (non-hydrogen) atoms. The first-order valence-electron chi connectivity index (χ1n) is 8.94. The van der Waals surface area contributed by atoms with Crippen LogP contribution in [0, 0.1) is 0 Å². The molecule has 0 atom stereocenters. The van der Waals surface area contributed by atoms with Crippen LogP contribution in [0.2, 0.25) is 10.0 Å². The van der Waals surface area contributed by atoms with Crippen LogP contribution in [0.4, 0.5) is 21.3 Å². The number of nitrogens with zero attached hydrogens (tertiary/aromatic N) is 1. The van der Waals surface area contributed by atoms with E-state index in [-0.39, 0.29) is 17.7 Å². The minimum Gasteiger partial charge on any atom is -0.507 e. The van der Waals surface area contributed by atoms with E-state index in [0.717, 1.165) is 11.3 Å². The van der Waals surface area contributed by atoms with E-state index in [0.29, 0.717) is 32.2 Å². The third-order valence-corrected chi connectivity index (χ3v) is 5.52. The van der Waals surface area contributed by atoms with Crippen molar-refractivity contribution in [1.29, 1.82) is 0 Å². The summed E-state index contributed by atoms with van der Waals surface area (Å²) in [5, 5.41) is 20.1. The second-order valence-corrected chi connectivity index (χ2v) is 7.97. The third kappa shape index (κ3) is 6.10. The van der Waals surface area contributed by atoms with Crippen molar-refractivity contribution in [3.05, 3.63) is 63.1 Å². The van der Waals surface area contributed by atoms with Gasteiger partial charge in [-0.2, -0.15) is 0 Å². The van der Waals surface area contributed by atoms with Gasteiger partial charge in [0.2, 0.25) is 5.91 Å². The zero-order valence-corrected chi connectivity index (χ0v) is 18.8. The van der Waals surface area contributed by atoms with Crippen LogP contribution in [-0.4, -0.2) is 35.1 Å². The standard InChI is InChI=1S/C20H16Cl2N4O5S/c1-31-18(29)13-6-10(3-5-16(13)27)23-17(28)8-12-9-32-20(25-12)26-19(30)24-11-2-4-14(21)15(22)7-11/h2-7,9,27H,8H2,1H3,(H,23,28)(H2,24,25,26,30). The van der Waals surface area contributed by atoms with Crippen LogP contribution in [0.3, 0.4) is 0 Å². The highest BCUT2D eigenvalue weighted by atomic mass is 35.5. The molecule has 0 bridgehead atoms. The highest BCUT2D eigenvalue weighted by Gasteiger charge is 2.15. The molecule has 0 spiro atoms. The van der Waals surface area contributed by atoms with E-state index in [9.17, 15) is 19.5 Å². The topological polar surface area (TPSA) is 130 Å². The number of aromatic nitrogens is 1. The van der Waals surface area contributed by atoms with Crippen LogP contribution in [-0.2, 0) is 16.0 Å². The number of hydrogen-bond donors (Lipinski definition) is 4. The van der Waals surface area contributed by atoms with Crippen LogP contribution >= 0.6 is 34.5 Å². The van der Waals surface area contributed by atoms with Crippen molar-refractivity contribution in [3.63, 3.8) is 0 Å². The number of carbonyl (C=O) groups excluding carboxylic acids is 3. The number of nitrogens with one attached hydrogen (secondary N) is 3. The number of thiazole rings is 1. The quantitative estimate of drug-likeness (QED) is 0.288. The molecule has 1 aromatic heterocycles. The Labute approximate surface area is 196 Å². The Morgan fingerprint density at radius 2 is 1.75 bits per heavy atom. The Hall–Kier alpha value is -3.34. The van der Waals surface area contributed by atoms with E-state index in [1.807, 2.05) is 0 Å². The molecule has 0 aliphatic carbocycles. The normalized spacial score (nSPS) is 10.3. The van der Waals surface area contributed by atoms with Crippen molar-refractivity contribution in [2.75, 3.05) is 23.1 Å². The van der Waals surface area contributed by atoms with Crippen LogP contribution in [0.15, 0.2) is 41.8 Å². The molecular weight excluding hydrogens is 479 g/mol. The second-order valence-electron chi connectivity index (χ2n) is 6.30. The lowest BCUT2D eigenvalue weighted by molar-refractivity contribution is -0.115. The summed E-state index contributed by atoms with van der Waals surface area (Å²) in [4.78, 5) is 40.3. The second kappa shape index (κ2) is 10.3.